The summed E-state index contributed by atoms with van der Waals surface area (Å²) in [5.74, 6) is 0.294. The van der Waals surface area contributed by atoms with Crippen LogP contribution in [-0.2, 0) is 9.53 Å². The highest BCUT2D eigenvalue weighted by Gasteiger charge is 2.22. The Balaban J connectivity index is 1.47. The van der Waals surface area contributed by atoms with Gasteiger partial charge in [-0.05, 0) is 31.0 Å². The maximum atomic E-state index is 12.5. The number of hydrogen-bond acceptors (Lipinski definition) is 4. The maximum absolute atomic E-state index is 12.5. The summed E-state index contributed by atoms with van der Waals surface area (Å²) >= 11 is 0. The second kappa shape index (κ2) is 7.99. The van der Waals surface area contributed by atoms with E-state index in [1.54, 1.807) is 0 Å². The number of piperazine rings is 1. The number of carbonyl (C=O) groups is 1. The summed E-state index contributed by atoms with van der Waals surface area (Å²) in [7, 11) is 0. The third-order valence-electron chi connectivity index (χ3n) is 5.29. The molecule has 1 aromatic carbocycles. The molecule has 24 heavy (non-hydrogen) atoms. The van der Waals surface area contributed by atoms with Crippen molar-refractivity contribution in [3.8, 4) is 0 Å². The van der Waals surface area contributed by atoms with Gasteiger partial charge in [0.1, 0.15) is 0 Å². The number of carbonyl (C=O) groups excluding carboxylic acids is 1. The molecule has 0 N–H and O–H groups in total. The largest absolute Gasteiger partial charge is 0.379 e. The molecule has 132 valence electrons. The van der Waals surface area contributed by atoms with Crippen molar-refractivity contribution in [1.29, 1.82) is 0 Å². The molecule has 5 nitrogen and oxygen atoms in total. The number of anilines is 1. The van der Waals surface area contributed by atoms with Crippen LogP contribution in [0.25, 0.3) is 0 Å². The smallest absolute Gasteiger partial charge is 0.223 e. The standard InChI is InChI=1S/C19H29N3O2/c1-16-4-3-5-18(17(16)2)21-8-10-22(11-9-21)19(23)6-7-20-12-14-24-15-13-20/h3-5H,6-15H2,1-2H3. The van der Waals surface area contributed by atoms with Gasteiger partial charge in [-0.3, -0.25) is 9.69 Å². The quantitative estimate of drug-likeness (QED) is 0.841. The molecule has 0 bridgehead atoms. The molecule has 0 radical (unpaired) electrons. The van der Waals surface area contributed by atoms with Gasteiger partial charge in [0.15, 0.2) is 0 Å². The van der Waals surface area contributed by atoms with Crippen LogP contribution in [0.3, 0.4) is 0 Å². The van der Waals surface area contributed by atoms with Crippen LogP contribution in [-0.4, -0.2) is 74.7 Å². The lowest BCUT2D eigenvalue weighted by molar-refractivity contribution is -0.132. The van der Waals surface area contributed by atoms with Crippen molar-refractivity contribution >= 4 is 11.6 Å². The minimum Gasteiger partial charge on any atom is -0.379 e. The SMILES string of the molecule is Cc1cccc(N2CCN(C(=O)CCN3CCOCC3)CC2)c1C. The summed E-state index contributed by atoms with van der Waals surface area (Å²) in [4.78, 5) is 19.2. The van der Waals surface area contributed by atoms with E-state index < -0.39 is 0 Å². The van der Waals surface area contributed by atoms with E-state index in [4.69, 9.17) is 4.74 Å². The third-order valence-corrected chi connectivity index (χ3v) is 5.29. The van der Waals surface area contributed by atoms with E-state index in [1.165, 1.54) is 16.8 Å². The van der Waals surface area contributed by atoms with Gasteiger partial charge in [0.05, 0.1) is 13.2 Å². The molecule has 0 aliphatic carbocycles. The molecule has 2 aliphatic heterocycles. The van der Waals surface area contributed by atoms with Crippen molar-refractivity contribution in [2.45, 2.75) is 20.3 Å². The molecule has 0 unspecified atom stereocenters. The highest BCUT2D eigenvalue weighted by atomic mass is 16.5. The highest BCUT2D eigenvalue weighted by molar-refractivity contribution is 5.76. The lowest BCUT2D eigenvalue weighted by atomic mass is 10.1. The summed E-state index contributed by atoms with van der Waals surface area (Å²) in [5, 5.41) is 0. The molecule has 0 saturated carbocycles. The summed E-state index contributed by atoms with van der Waals surface area (Å²) < 4.78 is 5.35. The Labute approximate surface area is 145 Å². The number of hydrogen-bond donors (Lipinski definition) is 0. The predicted molar refractivity (Wildman–Crippen MR) is 96.6 cm³/mol. The summed E-state index contributed by atoms with van der Waals surface area (Å²) in [6.45, 7) is 12.2. The number of nitrogens with zero attached hydrogens (tertiary/aromatic N) is 3. The minimum atomic E-state index is 0.294. The van der Waals surface area contributed by atoms with Crippen molar-refractivity contribution in [2.24, 2.45) is 0 Å². The number of benzene rings is 1. The number of morpholine rings is 1. The molecular formula is C19H29N3O2. The zero-order valence-electron chi connectivity index (χ0n) is 15.0. The van der Waals surface area contributed by atoms with E-state index in [2.05, 4.69) is 41.8 Å². The molecule has 2 heterocycles. The van der Waals surface area contributed by atoms with Crippen molar-refractivity contribution in [3.63, 3.8) is 0 Å². The van der Waals surface area contributed by atoms with Gasteiger partial charge in [-0.2, -0.15) is 0 Å². The first-order valence-corrected chi connectivity index (χ1v) is 9.04. The first-order chi connectivity index (χ1) is 11.6. The number of ether oxygens (including phenoxy) is 1. The molecule has 2 aliphatic rings. The Hall–Kier alpha value is -1.59. The fourth-order valence-corrected chi connectivity index (χ4v) is 3.51. The number of aryl methyl sites for hydroxylation is 1. The van der Waals surface area contributed by atoms with Gasteiger partial charge >= 0.3 is 0 Å². The zero-order valence-corrected chi connectivity index (χ0v) is 15.0. The van der Waals surface area contributed by atoms with E-state index in [0.717, 1.165) is 59.0 Å². The van der Waals surface area contributed by atoms with Crippen molar-refractivity contribution < 1.29 is 9.53 Å². The molecule has 5 heteroatoms. The molecule has 2 saturated heterocycles. The Morgan fingerprint density at radius 1 is 1.04 bits per heavy atom. The lowest BCUT2D eigenvalue weighted by Crippen LogP contribution is -2.49. The zero-order chi connectivity index (χ0) is 16.9. The van der Waals surface area contributed by atoms with Gasteiger partial charge in [-0.25, -0.2) is 0 Å². The molecule has 3 rings (SSSR count). The average Bonchev–Trinajstić information content (AvgIpc) is 2.63. The fraction of sp³-hybridized carbons (Fsp3) is 0.632. The number of rotatable bonds is 4. The van der Waals surface area contributed by atoms with Crippen LogP contribution in [0.5, 0.6) is 0 Å². The minimum absolute atomic E-state index is 0.294. The molecule has 0 spiro atoms. The Bertz CT molecular complexity index is 562. The van der Waals surface area contributed by atoms with Gasteiger partial charge in [-0.15, -0.1) is 0 Å². The van der Waals surface area contributed by atoms with E-state index in [9.17, 15) is 4.79 Å². The highest BCUT2D eigenvalue weighted by Crippen LogP contribution is 2.24. The number of amides is 1. The Kier molecular flexibility index (Phi) is 5.74. The van der Waals surface area contributed by atoms with Crippen LogP contribution in [0, 0.1) is 13.8 Å². The average molecular weight is 331 g/mol. The van der Waals surface area contributed by atoms with Crippen LogP contribution < -0.4 is 4.90 Å². The van der Waals surface area contributed by atoms with Crippen molar-refractivity contribution in [2.75, 3.05) is 63.9 Å². The summed E-state index contributed by atoms with van der Waals surface area (Å²) in [5.41, 5.74) is 4.00. The van der Waals surface area contributed by atoms with Gasteiger partial charge in [0.2, 0.25) is 5.91 Å². The monoisotopic (exact) mass is 331 g/mol. The van der Waals surface area contributed by atoms with E-state index in [0.29, 0.717) is 12.3 Å². The first-order valence-electron chi connectivity index (χ1n) is 9.04. The van der Waals surface area contributed by atoms with Gasteiger partial charge in [0, 0.05) is 57.9 Å². The van der Waals surface area contributed by atoms with Crippen LogP contribution in [0.4, 0.5) is 5.69 Å². The molecule has 2 fully saturated rings. The second-order valence-corrected chi connectivity index (χ2v) is 6.79. The van der Waals surface area contributed by atoms with E-state index in [1.807, 2.05) is 4.90 Å². The molecule has 0 aromatic heterocycles. The van der Waals surface area contributed by atoms with Gasteiger partial charge in [0.25, 0.3) is 0 Å². The van der Waals surface area contributed by atoms with Gasteiger partial charge < -0.3 is 14.5 Å². The summed E-state index contributed by atoms with van der Waals surface area (Å²) in [6, 6.07) is 6.47. The second-order valence-electron chi connectivity index (χ2n) is 6.79. The predicted octanol–water partition coefficient (Wildman–Crippen LogP) is 1.67. The third kappa shape index (κ3) is 4.08. The van der Waals surface area contributed by atoms with Crippen LogP contribution in [0.1, 0.15) is 17.5 Å². The maximum Gasteiger partial charge on any atom is 0.223 e. The van der Waals surface area contributed by atoms with Crippen LogP contribution in [0.2, 0.25) is 0 Å². The van der Waals surface area contributed by atoms with Crippen molar-refractivity contribution in [3.05, 3.63) is 29.3 Å². The van der Waals surface area contributed by atoms with E-state index in [-0.39, 0.29) is 0 Å². The van der Waals surface area contributed by atoms with E-state index >= 15 is 0 Å². The lowest BCUT2D eigenvalue weighted by Gasteiger charge is -2.37. The topological polar surface area (TPSA) is 36.0 Å². The molecule has 1 aromatic rings. The Morgan fingerprint density at radius 2 is 1.75 bits per heavy atom. The molecular weight excluding hydrogens is 302 g/mol. The van der Waals surface area contributed by atoms with Crippen LogP contribution >= 0.6 is 0 Å². The Morgan fingerprint density at radius 3 is 2.46 bits per heavy atom. The molecule has 0 atom stereocenters. The van der Waals surface area contributed by atoms with Crippen LogP contribution in [0.15, 0.2) is 18.2 Å². The molecule has 1 amide bonds. The van der Waals surface area contributed by atoms with Gasteiger partial charge in [-0.1, -0.05) is 12.1 Å². The summed E-state index contributed by atoms with van der Waals surface area (Å²) in [6.07, 6.45) is 0.628. The first kappa shape index (κ1) is 17.2. The van der Waals surface area contributed by atoms with Crippen molar-refractivity contribution in [1.82, 2.24) is 9.80 Å². The fourth-order valence-electron chi connectivity index (χ4n) is 3.51. The normalized spacial score (nSPS) is 19.6.